The average Bonchev–Trinajstić information content (AvgIpc) is 3.18. The Balaban J connectivity index is 1.94. The van der Waals surface area contributed by atoms with Crippen LogP contribution >= 0.6 is 0 Å². The fraction of sp³-hybridized carbons (Fsp3) is 0.500. The zero-order valence-electron chi connectivity index (χ0n) is 14.1. The van der Waals surface area contributed by atoms with Crippen LogP contribution in [0.4, 0.5) is 0 Å². The number of nitrogens with zero attached hydrogens (tertiary/aromatic N) is 3. The Morgan fingerprint density at radius 1 is 1.42 bits per heavy atom. The lowest BCUT2D eigenvalue weighted by Crippen LogP contribution is -2.54. The van der Waals surface area contributed by atoms with Crippen molar-refractivity contribution in [1.82, 2.24) is 14.8 Å². The first kappa shape index (κ1) is 16.6. The van der Waals surface area contributed by atoms with E-state index in [1.54, 1.807) is 17.9 Å². The molecule has 1 saturated carbocycles. The predicted molar refractivity (Wildman–Crippen MR) is 88.0 cm³/mol. The fourth-order valence-corrected chi connectivity index (χ4v) is 3.91. The minimum Gasteiger partial charge on any atom is -0.469 e. The molecule has 6 heteroatoms. The molecule has 0 saturated heterocycles. The average molecular weight is 329 g/mol. The number of hydrogen-bond donors (Lipinski definition) is 1. The first-order valence-electron chi connectivity index (χ1n) is 8.17. The van der Waals surface area contributed by atoms with Crippen LogP contribution in [-0.2, 0) is 22.5 Å². The molecule has 2 aromatic rings. The van der Waals surface area contributed by atoms with Gasteiger partial charge in [0.2, 0.25) is 0 Å². The lowest BCUT2D eigenvalue weighted by molar-refractivity contribution is -0.173. The van der Waals surface area contributed by atoms with Gasteiger partial charge in [-0.2, -0.15) is 5.10 Å². The molecule has 1 aromatic heterocycles. The summed E-state index contributed by atoms with van der Waals surface area (Å²) in [6.45, 7) is 2.01. The van der Waals surface area contributed by atoms with Crippen LogP contribution in [0.2, 0.25) is 0 Å². The zero-order chi connectivity index (χ0) is 17.2. The van der Waals surface area contributed by atoms with E-state index in [1.165, 1.54) is 13.4 Å². The van der Waals surface area contributed by atoms with Gasteiger partial charge in [-0.25, -0.2) is 4.98 Å². The monoisotopic (exact) mass is 329 g/mol. The highest BCUT2D eigenvalue weighted by Gasteiger charge is 2.61. The summed E-state index contributed by atoms with van der Waals surface area (Å²) in [5, 5.41) is 15.7. The van der Waals surface area contributed by atoms with Gasteiger partial charge in [0.25, 0.3) is 0 Å². The summed E-state index contributed by atoms with van der Waals surface area (Å²) >= 11 is 0. The van der Waals surface area contributed by atoms with Crippen LogP contribution in [0, 0.1) is 11.3 Å². The number of ether oxygens (including phenoxy) is 1. The van der Waals surface area contributed by atoms with Crippen LogP contribution in [0.3, 0.4) is 0 Å². The third-order valence-corrected chi connectivity index (χ3v) is 5.45. The molecule has 0 spiro atoms. The van der Waals surface area contributed by atoms with Crippen molar-refractivity contribution in [2.24, 2.45) is 11.3 Å². The number of aliphatic hydroxyl groups is 1. The number of benzene rings is 1. The molecule has 3 rings (SSSR count). The molecule has 0 amide bonds. The largest absolute Gasteiger partial charge is 0.469 e. The van der Waals surface area contributed by atoms with E-state index in [9.17, 15) is 9.90 Å². The smallest absolute Gasteiger partial charge is 0.314 e. The van der Waals surface area contributed by atoms with Crippen molar-refractivity contribution in [2.75, 3.05) is 7.11 Å². The van der Waals surface area contributed by atoms with Crippen molar-refractivity contribution in [2.45, 2.75) is 38.3 Å². The number of methoxy groups -OCH3 is 1. The molecular weight excluding hydrogens is 306 g/mol. The lowest BCUT2D eigenvalue weighted by Gasteiger charge is -2.40. The zero-order valence-corrected chi connectivity index (χ0v) is 14.1. The Hall–Kier alpha value is -2.21. The molecule has 24 heavy (non-hydrogen) atoms. The Kier molecular flexibility index (Phi) is 4.41. The summed E-state index contributed by atoms with van der Waals surface area (Å²) in [6.07, 6.45) is 5.04. The van der Waals surface area contributed by atoms with Crippen molar-refractivity contribution in [3.8, 4) is 0 Å². The van der Waals surface area contributed by atoms with Gasteiger partial charge in [0.05, 0.1) is 19.1 Å². The van der Waals surface area contributed by atoms with Gasteiger partial charge in [-0.05, 0) is 37.7 Å². The standard InChI is InChI=1S/C18H23N3O3/c1-17(16(22)24-2)9-8-15(10-14-6-4-3-5-7-14)18(17,23)11-21-13-19-12-20-21/h3-7,12-13,15,23H,8-11H2,1-2H3/t15-,17-,18-/m1/s1. The highest BCUT2D eigenvalue weighted by Crippen LogP contribution is 2.52. The Morgan fingerprint density at radius 2 is 2.17 bits per heavy atom. The van der Waals surface area contributed by atoms with E-state index in [-0.39, 0.29) is 18.4 Å². The number of esters is 1. The molecule has 1 aliphatic carbocycles. The number of hydrogen-bond acceptors (Lipinski definition) is 5. The third kappa shape index (κ3) is 2.71. The van der Waals surface area contributed by atoms with Crippen LogP contribution < -0.4 is 0 Å². The van der Waals surface area contributed by atoms with E-state index in [4.69, 9.17) is 4.74 Å². The van der Waals surface area contributed by atoms with E-state index in [0.717, 1.165) is 12.0 Å². The highest BCUT2D eigenvalue weighted by atomic mass is 16.5. The quantitative estimate of drug-likeness (QED) is 0.847. The molecule has 3 atom stereocenters. The fourth-order valence-electron chi connectivity index (χ4n) is 3.91. The summed E-state index contributed by atoms with van der Waals surface area (Å²) in [7, 11) is 1.37. The Labute approximate surface area is 141 Å². The molecule has 0 radical (unpaired) electrons. The molecular formula is C18H23N3O3. The van der Waals surface area contributed by atoms with Crippen molar-refractivity contribution in [1.29, 1.82) is 0 Å². The topological polar surface area (TPSA) is 77.2 Å². The van der Waals surface area contributed by atoms with Crippen molar-refractivity contribution < 1.29 is 14.6 Å². The number of carbonyl (C=O) groups is 1. The van der Waals surface area contributed by atoms with E-state index in [2.05, 4.69) is 10.1 Å². The molecule has 6 nitrogen and oxygen atoms in total. The van der Waals surface area contributed by atoms with Gasteiger partial charge in [-0.3, -0.25) is 9.48 Å². The molecule has 1 aliphatic rings. The SMILES string of the molecule is COC(=O)[C@@]1(C)CC[C@H](Cc2ccccc2)[C@]1(O)Cn1cncn1. The van der Waals surface area contributed by atoms with Gasteiger partial charge < -0.3 is 9.84 Å². The maximum atomic E-state index is 12.5. The van der Waals surface area contributed by atoms with Crippen LogP contribution in [0.25, 0.3) is 0 Å². The second-order valence-electron chi connectivity index (χ2n) is 6.77. The van der Waals surface area contributed by atoms with E-state index >= 15 is 0 Å². The van der Waals surface area contributed by atoms with Gasteiger partial charge in [0, 0.05) is 0 Å². The van der Waals surface area contributed by atoms with E-state index in [1.807, 2.05) is 30.3 Å². The van der Waals surface area contributed by atoms with Crippen LogP contribution in [0.1, 0.15) is 25.3 Å². The maximum absolute atomic E-state index is 12.5. The number of carbonyl (C=O) groups excluding carboxylic acids is 1. The van der Waals surface area contributed by atoms with Crippen LogP contribution in [0.15, 0.2) is 43.0 Å². The number of rotatable bonds is 5. The molecule has 1 aromatic carbocycles. The molecule has 128 valence electrons. The van der Waals surface area contributed by atoms with Crippen LogP contribution in [0.5, 0.6) is 0 Å². The summed E-state index contributed by atoms with van der Waals surface area (Å²) in [5.74, 6) is -0.436. The summed E-state index contributed by atoms with van der Waals surface area (Å²) in [4.78, 5) is 16.4. The molecule has 1 N–H and O–H groups in total. The highest BCUT2D eigenvalue weighted by molar-refractivity contribution is 5.78. The summed E-state index contributed by atoms with van der Waals surface area (Å²) in [5.41, 5.74) is -1.06. The molecule has 1 heterocycles. The number of aromatic nitrogens is 3. The van der Waals surface area contributed by atoms with Gasteiger partial charge >= 0.3 is 5.97 Å². The Morgan fingerprint density at radius 3 is 2.79 bits per heavy atom. The minimum absolute atomic E-state index is 0.0619. The summed E-state index contributed by atoms with van der Waals surface area (Å²) in [6, 6.07) is 10.0. The van der Waals surface area contributed by atoms with Gasteiger partial charge in [0.15, 0.2) is 0 Å². The predicted octanol–water partition coefficient (Wildman–Crippen LogP) is 1.84. The molecule has 0 bridgehead atoms. The normalized spacial score (nSPS) is 29.5. The van der Waals surface area contributed by atoms with Gasteiger partial charge in [0.1, 0.15) is 18.3 Å². The van der Waals surface area contributed by atoms with Crippen molar-refractivity contribution >= 4 is 5.97 Å². The van der Waals surface area contributed by atoms with E-state index < -0.39 is 11.0 Å². The first-order chi connectivity index (χ1) is 11.5. The Bertz CT molecular complexity index is 689. The molecule has 0 unspecified atom stereocenters. The van der Waals surface area contributed by atoms with Crippen molar-refractivity contribution in [3.05, 3.63) is 48.5 Å². The van der Waals surface area contributed by atoms with E-state index in [0.29, 0.717) is 12.8 Å². The second-order valence-corrected chi connectivity index (χ2v) is 6.77. The van der Waals surface area contributed by atoms with Gasteiger partial charge in [-0.15, -0.1) is 0 Å². The maximum Gasteiger partial charge on any atom is 0.314 e. The lowest BCUT2D eigenvalue weighted by atomic mass is 9.71. The van der Waals surface area contributed by atoms with Crippen molar-refractivity contribution in [3.63, 3.8) is 0 Å². The first-order valence-corrected chi connectivity index (χ1v) is 8.17. The molecule has 1 fully saturated rings. The second kappa shape index (κ2) is 6.36. The third-order valence-electron chi connectivity index (χ3n) is 5.45. The molecule has 0 aliphatic heterocycles. The summed E-state index contributed by atoms with van der Waals surface area (Å²) < 4.78 is 6.59. The van der Waals surface area contributed by atoms with Crippen LogP contribution in [-0.4, -0.2) is 38.6 Å². The van der Waals surface area contributed by atoms with Gasteiger partial charge in [-0.1, -0.05) is 30.3 Å². The minimum atomic E-state index is -1.25.